The van der Waals surface area contributed by atoms with E-state index in [9.17, 15) is 23.3 Å². The average Bonchev–Trinajstić information content (AvgIpc) is 2.11. The van der Waals surface area contributed by atoms with Crippen LogP contribution in [0.5, 0.6) is 0 Å². The first kappa shape index (κ1) is 11.1. The standard InChI is InChI=1S/C6Cl2F3NO2/c7-1-3(9)4(10)2(8)6(5(1)11)12(13)14. The molecular formula is C6Cl2F3NO2. The lowest BCUT2D eigenvalue weighted by Gasteiger charge is -2.02. The predicted molar refractivity (Wildman–Crippen MR) is 43.0 cm³/mol. The Bertz CT molecular complexity index is 395. The van der Waals surface area contributed by atoms with Crippen LogP contribution in [-0.4, -0.2) is 4.92 Å². The molecule has 8 heteroatoms. The number of halogens is 5. The van der Waals surface area contributed by atoms with Crippen molar-refractivity contribution in [3.8, 4) is 0 Å². The first-order valence-electron chi connectivity index (χ1n) is 3.03. The van der Waals surface area contributed by atoms with Crippen LogP contribution >= 0.6 is 23.2 Å². The van der Waals surface area contributed by atoms with Gasteiger partial charge in [0, 0.05) is 0 Å². The third kappa shape index (κ3) is 1.51. The molecule has 14 heavy (non-hydrogen) atoms. The van der Waals surface area contributed by atoms with E-state index < -0.39 is 38.1 Å². The van der Waals surface area contributed by atoms with Crippen molar-refractivity contribution in [3.63, 3.8) is 0 Å². The largest absolute Gasteiger partial charge is 0.328 e. The van der Waals surface area contributed by atoms with Crippen molar-refractivity contribution in [2.75, 3.05) is 0 Å². The molecule has 3 nitrogen and oxygen atoms in total. The molecule has 1 aromatic carbocycles. The Morgan fingerprint density at radius 2 is 1.43 bits per heavy atom. The van der Waals surface area contributed by atoms with Crippen molar-refractivity contribution in [1.29, 1.82) is 0 Å². The van der Waals surface area contributed by atoms with Gasteiger partial charge in [-0.15, -0.1) is 0 Å². The van der Waals surface area contributed by atoms with Gasteiger partial charge in [-0.05, 0) is 0 Å². The second-order valence-electron chi connectivity index (χ2n) is 2.18. The maximum atomic E-state index is 12.9. The average molecular weight is 246 g/mol. The molecule has 0 atom stereocenters. The fourth-order valence-corrected chi connectivity index (χ4v) is 1.16. The molecule has 0 saturated heterocycles. The molecule has 0 heterocycles. The van der Waals surface area contributed by atoms with Crippen LogP contribution in [0, 0.1) is 27.6 Å². The lowest BCUT2D eigenvalue weighted by Crippen LogP contribution is -2.00. The number of rotatable bonds is 1. The molecule has 0 aromatic heterocycles. The van der Waals surface area contributed by atoms with Gasteiger partial charge in [0.1, 0.15) is 5.02 Å². The first-order valence-corrected chi connectivity index (χ1v) is 3.79. The highest BCUT2D eigenvalue weighted by Crippen LogP contribution is 2.36. The Labute approximate surface area is 85.2 Å². The van der Waals surface area contributed by atoms with Crippen molar-refractivity contribution < 1.29 is 18.1 Å². The van der Waals surface area contributed by atoms with Gasteiger partial charge < -0.3 is 0 Å². The minimum atomic E-state index is -1.75. The summed E-state index contributed by atoms with van der Waals surface area (Å²) in [6.45, 7) is 0. The second-order valence-corrected chi connectivity index (χ2v) is 2.93. The van der Waals surface area contributed by atoms with Gasteiger partial charge in [-0.1, -0.05) is 23.2 Å². The van der Waals surface area contributed by atoms with Crippen LogP contribution < -0.4 is 0 Å². The Balaban J connectivity index is 3.68. The molecule has 0 spiro atoms. The smallest absolute Gasteiger partial charge is 0.258 e. The highest BCUT2D eigenvalue weighted by molar-refractivity contribution is 6.35. The highest BCUT2D eigenvalue weighted by Gasteiger charge is 2.30. The number of benzene rings is 1. The summed E-state index contributed by atoms with van der Waals surface area (Å²) < 4.78 is 38.3. The molecule has 76 valence electrons. The van der Waals surface area contributed by atoms with E-state index in [1.807, 2.05) is 0 Å². The van der Waals surface area contributed by atoms with E-state index in [-0.39, 0.29) is 0 Å². The van der Waals surface area contributed by atoms with Crippen molar-refractivity contribution in [1.82, 2.24) is 0 Å². The van der Waals surface area contributed by atoms with Crippen LogP contribution in [-0.2, 0) is 0 Å². The normalized spacial score (nSPS) is 10.4. The summed E-state index contributed by atoms with van der Waals surface area (Å²) in [6.07, 6.45) is 0. The van der Waals surface area contributed by atoms with Crippen LogP contribution in [0.15, 0.2) is 0 Å². The summed E-state index contributed by atoms with van der Waals surface area (Å²) in [6, 6.07) is 0. The summed E-state index contributed by atoms with van der Waals surface area (Å²) in [5.74, 6) is -5.19. The lowest BCUT2D eigenvalue weighted by atomic mass is 10.3. The number of hydrogen-bond donors (Lipinski definition) is 0. The zero-order valence-corrected chi connectivity index (χ0v) is 7.67. The fraction of sp³-hybridized carbons (Fsp3) is 0. The minimum absolute atomic E-state index is 1.24. The number of nitro groups is 1. The van der Waals surface area contributed by atoms with E-state index >= 15 is 0 Å². The molecule has 0 radical (unpaired) electrons. The van der Waals surface area contributed by atoms with Gasteiger partial charge in [-0.25, -0.2) is 8.78 Å². The van der Waals surface area contributed by atoms with Gasteiger partial charge in [-0.3, -0.25) is 10.1 Å². The molecule has 0 N–H and O–H groups in total. The predicted octanol–water partition coefficient (Wildman–Crippen LogP) is 3.32. The van der Waals surface area contributed by atoms with Gasteiger partial charge in [0.2, 0.25) is 5.82 Å². The number of hydrogen-bond acceptors (Lipinski definition) is 2. The SMILES string of the molecule is O=[N+]([O-])c1c(F)c(Cl)c(F)c(F)c1Cl. The van der Waals surface area contributed by atoms with E-state index in [4.69, 9.17) is 23.2 Å². The maximum absolute atomic E-state index is 12.9. The number of nitrogens with zero attached hydrogens (tertiary/aromatic N) is 1. The summed E-state index contributed by atoms with van der Waals surface area (Å²) in [5.41, 5.74) is -1.38. The van der Waals surface area contributed by atoms with Crippen molar-refractivity contribution in [2.24, 2.45) is 0 Å². The van der Waals surface area contributed by atoms with Crippen molar-refractivity contribution >= 4 is 28.9 Å². The Morgan fingerprint density at radius 1 is 1.00 bits per heavy atom. The van der Waals surface area contributed by atoms with E-state index in [0.29, 0.717) is 0 Å². The topological polar surface area (TPSA) is 43.1 Å². The monoisotopic (exact) mass is 245 g/mol. The van der Waals surface area contributed by atoms with Gasteiger partial charge in [0.15, 0.2) is 16.7 Å². The summed E-state index contributed by atoms with van der Waals surface area (Å²) in [4.78, 5) is 8.91. The summed E-state index contributed by atoms with van der Waals surface area (Å²) >= 11 is 9.97. The number of nitro benzene ring substituents is 1. The zero-order valence-electron chi connectivity index (χ0n) is 6.15. The Hall–Kier alpha value is -1.01. The molecule has 0 fully saturated rings. The van der Waals surface area contributed by atoms with Gasteiger partial charge in [0.25, 0.3) is 0 Å². The molecule has 0 bridgehead atoms. The van der Waals surface area contributed by atoms with Crippen LogP contribution in [0.4, 0.5) is 18.9 Å². The quantitative estimate of drug-likeness (QED) is 0.330. The molecule has 0 aliphatic rings. The van der Waals surface area contributed by atoms with E-state index in [1.165, 1.54) is 0 Å². The molecule has 0 saturated carbocycles. The molecule has 1 rings (SSSR count). The van der Waals surface area contributed by atoms with E-state index in [0.717, 1.165) is 0 Å². The summed E-state index contributed by atoms with van der Waals surface area (Å²) in [5, 5.41) is 7.66. The Kier molecular flexibility index (Phi) is 2.86. The lowest BCUT2D eigenvalue weighted by molar-refractivity contribution is -0.387. The molecule has 0 aliphatic heterocycles. The highest BCUT2D eigenvalue weighted by atomic mass is 35.5. The van der Waals surface area contributed by atoms with Gasteiger partial charge in [-0.2, -0.15) is 4.39 Å². The van der Waals surface area contributed by atoms with Gasteiger partial charge >= 0.3 is 5.69 Å². The first-order chi connectivity index (χ1) is 6.37. The van der Waals surface area contributed by atoms with Crippen molar-refractivity contribution in [3.05, 3.63) is 37.6 Å². The molecule has 0 amide bonds. The summed E-state index contributed by atoms with van der Waals surface area (Å²) in [7, 11) is 0. The fourth-order valence-electron chi connectivity index (χ4n) is 0.754. The molecule has 0 aliphatic carbocycles. The van der Waals surface area contributed by atoms with Gasteiger partial charge in [0.05, 0.1) is 4.92 Å². The maximum Gasteiger partial charge on any atom is 0.328 e. The van der Waals surface area contributed by atoms with Crippen molar-refractivity contribution in [2.45, 2.75) is 0 Å². The van der Waals surface area contributed by atoms with Crippen LogP contribution in [0.2, 0.25) is 10.0 Å². The third-order valence-corrected chi connectivity index (χ3v) is 2.05. The minimum Gasteiger partial charge on any atom is -0.258 e. The molecule has 1 aromatic rings. The van der Waals surface area contributed by atoms with Crippen LogP contribution in [0.3, 0.4) is 0 Å². The third-order valence-electron chi connectivity index (χ3n) is 1.37. The molecular weight excluding hydrogens is 246 g/mol. The van der Waals surface area contributed by atoms with E-state index in [1.54, 1.807) is 0 Å². The van der Waals surface area contributed by atoms with Crippen LogP contribution in [0.1, 0.15) is 0 Å². The second kappa shape index (κ2) is 3.62. The Morgan fingerprint density at radius 3 is 1.86 bits per heavy atom. The van der Waals surface area contributed by atoms with E-state index in [2.05, 4.69) is 0 Å². The van der Waals surface area contributed by atoms with Crippen LogP contribution in [0.25, 0.3) is 0 Å². The zero-order chi connectivity index (χ0) is 11.0. The molecule has 0 unspecified atom stereocenters.